The normalized spacial score (nSPS) is 7.20. The van der Waals surface area contributed by atoms with E-state index in [1.807, 2.05) is 0 Å². The van der Waals surface area contributed by atoms with E-state index in [1.165, 1.54) is 0 Å². The van der Waals surface area contributed by atoms with Crippen LogP contribution >= 0.6 is 0 Å². The minimum Gasteiger partial charge on any atom is -0.759 e. The second kappa shape index (κ2) is 16.5. The van der Waals surface area contributed by atoms with E-state index < -0.39 is 22.3 Å². The number of carbonyl (C=O) groups excluding carboxylic acids is 2. The van der Waals surface area contributed by atoms with Crippen LogP contribution in [0.4, 0.5) is 0 Å². The number of carboxylic acid groups (broad SMARTS) is 2. The Kier molecular flexibility index (Phi) is 32.4. The summed E-state index contributed by atoms with van der Waals surface area (Å²) in [7, 11) is -5.17. The third-order valence-electron chi connectivity index (χ3n) is 0. The standard InChI is InChI=1S/2C2H4O2.Cu.Mg.H2O4S/c2*1-2(3)4;;;1-5(2,3)4/h2*1H3,(H,3,4);;;(H2,1,2,3,4)/q;;2*+2;/p-4. The molecule has 11 heteroatoms. The maximum absolute atomic E-state index is 8.89. The summed E-state index contributed by atoms with van der Waals surface area (Å²) in [6.45, 7) is 1.94. The monoisotopic (exact) mass is 301 g/mol. The van der Waals surface area contributed by atoms with Gasteiger partial charge in [-0.15, -0.1) is 0 Å². The maximum atomic E-state index is 8.89. The zero-order valence-corrected chi connectivity index (χ0v) is 10.9. The van der Waals surface area contributed by atoms with Crippen molar-refractivity contribution in [2.45, 2.75) is 13.8 Å². The average Bonchev–Trinajstić information content (AvgIpc) is 1.50. The van der Waals surface area contributed by atoms with Crippen LogP contribution in [0.5, 0.6) is 0 Å². The summed E-state index contributed by atoms with van der Waals surface area (Å²) in [6.07, 6.45) is 0. The largest absolute Gasteiger partial charge is 2.00 e. The smallest absolute Gasteiger partial charge is 0.759 e. The molecule has 0 fully saturated rings. The Labute approximate surface area is 113 Å². The number of carbonyl (C=O) groups is 2. The molecular formula is C4H6CuMgO8S. The number of carboxylic acids is 2. The van der Waals surface area contributed by atoms with Crippen LogP contribution in [-0.4, -0.2) is 52.5 Å². The van der Waals surface area contributed by atoms with Crippen molar-refractivity contribution in [1.29, 1.82) is 0 Å². The first-order valence-corrected chi connectivity index (χ1v) is 3.82. The van der Waals surface area contributed by atoms with Gasteiger partial charge < -0.3 is 28.9 Å². The zero-order valence-electron chi connectivity index (χ0n) is 7.68. The topological polar surface area (TPSA) is 161 Å². The fourth-order valence-electron chi connectivity index (χ4n) is 0. The van der Waals surface area contributed by atoms with E-state index in [1.54, 1.807) is 0 Å². The van der Waals surface area contributed by atoms with E-state index in [-0.39, 0.29) is 40.1 Å². The minimum absolute atomic E-state index is 0. The third-order valence-corrected chi connectivity index (χ3v) is 0. The summed E-state index contributed by atoms with van der Waals surface area (Å²) in [5.41, 5.74) is 0. The molecule has 0 atom stereocenters. The van der Waals surface area contributed by atoms with E-state index in [2.05, 4.69) is 0 Å². The third kappa shape index (κ3) is 225000. The molecule has 0 aliphatic carbocycles. The molecule has 0 spiro atoms. The Balaban J connectivity index is -0.0000000315. The van der Waals surface area contributed by atoms with Crippen LogP contribution in [0.25, 0.3) is 0 Å². The van der Waals surface area contributed by atoms with Crippen molar-refractivity contribution < 1.29 is 54.4 Å². The van der Waals surface area contributed by atoms with Gasteiger partial charge in [-0.3, -0.25) is 8.42 Å². The Morgan fingerprint density at radius 1 is 0.933 bits per heavy atom. The first-order chi connectivity index (χ1) is 5.46. The van der Waals surface area contributed by atoms with Gasteiger partial charge in [0.05, 0.1) is 0 Å². The van der Waals surface area contributed by atoms with Gasteiger partial charge in [0.25, 0.3) is 0 Å². The molecule has 0 saturated heterocycles. The van der Waals surface area contributed by atoms with E-state index in [9.17, 15) is 0 Å². The second-order valence-electron chi connectivity index (χ2n) is 1.39. The number of hydrogen-bond acceptors (Lipinski definition) is 8. The predicted octanol–water partition coefficient (Wildman–Crippen LogP) is -4.21. The molecular weight excluding hydrogens is 296 g/mol. The molecule has 15 heavy (non-hydrogen) atoms. The van der Waals surface area contributed by atoms with Gasteiger partial charge >= 0.3 is 40.1 Å². The minimum atomic E-state index is -5.17. The molecule has 0 heterocycles. The fourth-order valence-corrected chi connectivity index (χ4v) is 0. The predicted molar refractivity (Wildman–Crippen MR) is 37.6 cm³/mol. The van der Waals surface area contributed by atoms with Crippen LogP contribution in [0.15, 0.2) is 0 Å². The summed E-state index contributed by atoms with van der Waals surface area (Å²) < 4.78 is 34.1. The van der Waals surface area contributed by atoms with Crippen LogP contribution < -0.4 is 10.2 Å². The van der Waals surface area contributed by atoms with Crippen molar-refractivity contribution in [3.8, 4) is 0 Å². The molecule has 0 saturated carbocycles. The molecule has 0 amide bonds. The molecule has 0 aliphatic heterocycles. The van der Waals surface area contributed by atoms with Crippen molar-refractivity contribution in [3.05, 3.63) is 0 Å². The SMILES string of the molecule is CC(=O)[O-].CC(=O)[O-].O=S(=O)([O-])[O-].[Cu+2].[Mg+2]. The van der Waals surface area contributed by atoms with Crippen molar-refractivity contribution in [3.63, 3.8) is 0 Å². The molecule has 0 aliphatic rings. The molecule has 0 bridgehead atoms. The van der Waals surface area contributed by atoms with Crippen LogP contribution in [0.3, 0.4) is 0 Å². The second-order valence-corrected chi connectivity index (χ2v) is 2.21. The maximum Gasteiger partial charge on any atom is 2.00 e. The Morgan fingerprint density at radius 3 is 0.933 bits per heavy atom. The Bertz CT molecular complexity index is 221. The van der Waals surface area contributed by atoms with Gasteiger partial charge in [0, 0.05) is 22.3 Å². The van der Waals surface area contributed by atoms with Gasteiger partial charge in [0.2, 0.25) is 0 Å². The Morgan fingerprint density at radius 2 is 0.933 bits per heavy atom. The fraction of sp³-hybridized carbons (Fsp3) is 0.500. The summed E-state index contributed by atoms with van der Waals surface area (Å²) >= 11 is 0. The first-order valence-electron chi connectivity index (χ1n) is 2.48. The molecule has 0 aromatic heterocycles. The molecule has 8 nitrogen and oxygen atoms in total. The zero-order chi connectivity index (χ0) is 11.7. The summed E-state index contributed by atoms with van der Waals surface area (Å²) in [4.78, 5) is 17.8. The van der Waals surface area contributed by atoms with Crippen LogP contribution in [0.1, 0.15) is 13.8 Å². The first kappa shape index (κ1) is 29.4. The van der Waals surface area contributed by atoms with Gasteiger partial charge in [0.1, 0.15) is 0 Å². The molecule has 1 radical (unpaired) electrons. The molecule has 0 aromatic rings. The Hall–Kier alpha value is 0.0957. The summed E-state index contributed by atoms with van der Waals surface area (Å²) in [5.74, 6) is -2.17. The average molecular weight is 302 g/mol. The van der Waals surface area contributed by atoms with E-state index >= 15 is 0 Å². The van der Waals surface area contributed by atoms with Crippen LogP contribution in [0, 0.1) is 0 Å². The number of rotatable bonds is 0. The number of aliphatic carboxylic acids is 2. The number of hydrogen-bond donors (Lipinski definition) is 0. The van der Waals surface area contributed by atoms with Gasteiger partial charge in [0.15, 0.2) is 0 Å². The van der Waals surface area contributed by atoms with Crippen molar-refractivity contribution in [2.75, 3.05) is 0 Å². The van der Waals surface area contributed by atoms with Gasteiger partial charge in [-0.1, -0.05) is 0 Å². The van der Waals surface area contributed by atoms with Crippen molar-refractivity contribution >= 4 is 45.4 Å². The van der Waals surface area contributed by atoms with E-state index in [4.69, 9.17) is 37.3 Å². The van der Waals surface area contributed by atoms with E-state index in [0.29, 0.717) is 0 Å². The summed E-state index contributed by atoms with van der Waals surface area (Å²) in [6, 6.07) is 0. The van der Waals surface area contributed by atoms with Gasteiger partial charge in [-0.05, 0) is 13.8 Å². The summed E-state index contributed by atoms with van der Waals surface area (Å²) in [5, 5.41) is 17.8. The van der Waals surface area contributed by atoms with Crippen molar-refractivity contribution in [1.82, 2.24) is 0 Å². The van der Waals surface area contributed by atoms with Crippen LogP contribution in [0.2, 0.25) is 0 Å². The van der Waals surface area contributed by atoms with Crippen molar-refractivity contribution in [2.24, 2.45) is 0 Å². The molecule has 89 valence electrons. The molecule has 0 rings (SSSR count). The van der Waals surface area contributed by atoms with Gasteiger partial charge in [-0.25, -0.2) is 0 Å². The van der Waals surface area contributed by atoms with Crippen LogP contribution in [-0.2, 0) is 37.1 Å². The quantitative estimate of drug-likeness (QED) is 0.247. The van der Waals surface area contributed by atoms with Gasteiger partial charge in [-0.2, -0.15) is 0 Å². The van der Waals surface area contributed by atoms with E-state index in [0.717, 1.165) is 13.8 Å². The molecule has 0 aromatic carbocycles. The molecule has 0 unspecified atom stereocenters. The molecule has 0 N–H and O–H groups in total.